The van der Waals surface area contributed by atoms with Gasteiger partial charge in [0.15, 0.2) is 0 Å². The average molecular weight is 223 g/mol. The monoisotopic (exact) mass is 223 g/mol. The number of aromatic nitrogens is 1. The van der Waals surface area contributed by atoms with Crippen molar-refractivity contribution in [1.82, 2.24) is 4.98 Å². The number of ether oxygens (including phenoxy) is 1. The number of nitrogens with zero attached hydrogens (tertiary/aromatic N) is 1. The van der Waals surface area contributed by atoms with Gasteiger partial charge >= 0.3 is 5.24 Å². The van der Waals surface area contributed by atoms with Gasteiger partial charge in [0.25, 0.3) is 0 Å². The summed E-state index contributed by atoms with van der Waals surface area (Å²) < 4.78 is 6.22. The second kappa shape index (κ2) is 3.86. The van der Waals surface area contributed by atoms with E-state index >= 15 is 0 Å². The predicted molar refractivity (Wildman–Crippen MR) is 60.4 cm³/mol. The summed E-state index contributed by atoms with van der Waals surface area (Å²) in [5.41, 5.74) is 7.64. The molecular formula is C10H11N2O2S+. The summed E-state index contributed by atoms with van der Waals surface area (Å²) in [6, 6.07) is 5.51. The van der Waals surface area contributed by atoms with Crippen LogP contribution >= 0.6 is 10.5 Å². The van der Waals surface area contributed by atoms with Crippen molar-refractivity contribution in [2.24, 2.45) is 5.73 Å². The Hall–Kier alpha value is -1.62. The van der Waals surface area contributed by atoms with Crippen molar-refractivity contribution in [3.63, 3.8) is 0 Å². The summed E-state index contributed by atoms with van der Waals surface area (Å²) in [6.45, 7) is 2.54. The first-order valence-electron chi connectivity index (χ1n) is 4.56. The fraction of sp³-hybridized carbons (Fsp3) is 0.200. The highest BCUT2D eigenvalue weighted by molar-refractivity contribution is 7.54. The largest absolute Gasteiger partial charge is 0.494 e. The van der Waals surface area contributed by atoms with Crippen LogP contribution in [-0.4, -0.2) is 16.8 Å². The summed E-state index contributed by atoms with van der Waals surface area (Å²) in [6.07, 6.45) is 0. The Kier molecular flexibility index (Phi) is 2.55. The second-order valence-corrected chi connectivity index (χ2v) is 4.68. The Bertz CT molecular complexity index is 507. The molecule has 0 saturated carbocycles. The molecule has 2 aromatic rings. The summed E-state index contributed by atoms with van der Waals surface area (Å²) in [7, 11) is -0.674. The van der Waals surface area contributed by atoms with Gasteiger partial charge in [-0.3, -0.25) is 0 Å². The first kappa shape index (κ1) is 9.92. The molecular weight excluding hydrogens is 212 g/mol. The van der Waals surface area contributed by atoms with Gasteiger partial charge in [0.1, 0.15) is 21.7 Å². The molecule has 0 aliphatic carbocycles. The molecule has 2 rings (SSSR count). The van der Waals surface area contributed by atoms with Crippen molar-refractivity contribution in [2.45, 2.75) is 6.92 Å². The van der Waals surface area contributed by atoms with E-state index in [1.165, 1.54) is 0 Å². The number of benzene rings is 1. The lowest BCUT2D eigenvalue weighted by Crippen LogP contribution is -2.01. The molecule has 0 fully saturated rings. The van der Waals surface area contributed by atoms with Crippen LogP contribution in [0.4, 0.5) is 4.79 Å². The maximum absolute atomic E-state index is 11.1. The van der Waals surface area contributed by atoms with Gasteiger partial charge in [-0.15, -0.1) is 0 Å². The quantitative estimate of drug-likeness (QED) is 0.812. The number of amides is 1. The minimum absolute atomic E-state index is 0.346. The molecule has 0 spiro atoms. The van der Waals surface area contributed by atoms with E-state index in [0.29, 0.717) is 6.61 Å². The van der Waals surface area contributed by atoms with E-state index < -0.39 is 10.5 Å². The fourth-order valence-electron chi connectivity index (χ4n) is 1.37. The van der Waals surface area contributed by atoms with Gasteiger partial charge in [0.05, 0.1) is 6.61 Å². The van der Waals surface area contributed by atoms with Gasteiger partial charge < -0.3 is 10.5 Å². The standard InChI is InChI=1S/C10H10N2O2S/c1-2-14-7-3-4-9-8(5-7)12-6-15(9)10(11)13/h3-6H,2H2,1H3,(H-,11,13)/p+1. The zero-order chi connectivity index (χ0) is 10.8. The molecule has 0 aliphatic rings. The third-order valence-electron chi connectivity index (χ3n) is 1.99. The van der Waals surface area contributed by atoms with E-state index in [1.807, 2.05) is 25.1 Å². The minimum atomic E-state index is -0.674. The lowest BCUT2D eigenvalue weighted by molar-refractivity contribution is 0.266. The molecule has 1 amide bonds. The maximum atomic E-state index is 11.1. The van der Waals surface area contributed by atoms with Gasteiger partial charge in [0, 0.05) is 12.1 Å². The van der Waals surface area contributed by atoms with Crippen LogP contribution in [0.3, 0.4) is 0 Å². The predicted octanol–water partition coefficient (Wildman–Crippen LogP) is 2.31. The van der Waals surface area contributed by atoms with E-state index in [4.69, 9.17) is 10.5 Å². The molecule has 1 heterocycles. The molecule has 1 aromatic heterocycles. The minimum Gasteiger partial charge on any atom is -0.494 e. The van der Waals surface area contributed by atoms with Crippen LogP contribution < -0.4 is 10.5 Å². The topological polar surface area (TPSA) is 65.2 Å². The van der Waals surface area contributed by atoms with Crippen LogP contribution in [-0.2, 0) is 0 Å². The lowest BCUT2D eigenvalue weighted by Gasteiger charge is -1.99. The van der Waals surface area contributed by atoms with Gasteiger partial charge in [-0.05, 0) is 13.0 Å². The third kappa shape index (κ3) is 1.78. The summed E-state index contributed by atoms with van der Waals surface area (Å²) in [4.78, 5) is 15.2. The molecule has 0 bridgehead atoms. The summed E-state index contributed by atoms with van der Waals surface area (Å²) >= 11 is 0. The molecule has 0 aliphatic heterocycles. The van der Waals surface area contributed by atoms with Crippen molar-refractivity contribution >= 4 is 25.9 Å². The number of carbonyl (C=O) groups excluding carboxylic acids is 1. The van der Waals surface area contributed by atoms with Crippen LogP contribution in [0.15, 0.2) is 23.7 Å². The van der Waals surface area contributed by atoms with Crippen molar-refractivity contribution in [3.8, 4) is 5.75 Å². The molecule has 4 nitrogen and oxygen atoms in total. The van der Waals surface area contributed by atoms with Crippen molar-refractivity contribution < 1.29 is 9.53 Å². The van der Waals surface area contributed by atoms with Crippen LogP contribution in [0.5, 0.6) is 5.75 Å². The molecule has 15 heavy (non-hydrogen) atoms. The molecule has 2 N–H and O–H groups in total. The fourth-order valence-corrected chi connectivity index (χ4v) is 2.57. The van der Waals surface area contributed by atoms with Crippen molar-refractivity contribution in [3.05, 3.63) is 23.7 Å². The Balaban J connectivity index is 2.51. The molecule has 1 aromatic carbocycles. The number of hydrogen-bond donors (Lipinski definition) is 1. The molecule has 78 valence electrons. The highest BCUT2D eigenvalue weighted by Gasteiger charge is 2.20. The Morgan fingerprint density at radius 1 is 1.60 bits per heavy atom. The van der Waals surface area contributed by atoms with E-state index in [2.05, 4.69) is 4.98 Å². The van der Waals surface area contributed by atoms with Crippen molar-refractivity contribution in [1.29, 1.82) is 0 Å². The van der Waals surface area contributed by atoms with Gasteiger partial charge in [-0.25, -0.2) is 4.79 Å². The second-order valence-electron chi connectivity index (χ2n) is 2.95. The highest BCUT2D eigenvalue weighted by atomic mass is 32.2. The Morgan fingerprint density at radius 2 is 2.40 bits per heavy atom. The number of rotatable bonds is 3. The molecule has 1 unspecified atom stereocenters. The third-order valence-corrected chi connectivity index (χ3v) is 3.56. The zero-order valence-corrected chi connectivity index (χ0v) is 9.08. The summed E-state index contributed by atoms with van der Waals surface area (Å²) in [5, 5.41) is -0.346. The number of primary amides is 1. The Labute approximate surface area is 89.7 Å². The zero-order valence-electron chi connectivity index (χ0n) is 8.27. The SMILES string of the molecule is CCOc1ccc2c(c1)nc[s+]2C(N)=O. The average Bonchev–Trinajstić information content (AvgIpc) is 2.61. The van der Waals surface area contributed by atoms with E-state index in [1.54, 1.807) is 5.51 Å². The van der Waals surface area contributed by atoms with Crippen LogP contribution in [0.1, 0.15) is 6.92 Å². The molecule has 5 heteroatoms. The lowest BCUT2D eigenvalue weighted by atomic mass is 10.3. The van der Waals surface area contributed by atoms with Crippen molar-refractivity contribution in [2.75, 3.05) is 6.61 Å². The van der Waals surface area contributed by atoms with Crippen LogP contribution in [0.2, 0.25) is 0 Å². The van der Waals surface area contributed by atoms with Crippen LogP contribution in [0, 0.1) is 0 Å². The van der Waals surface area contributed by atoms with E-state index in [0.717, 1.165) is 16.0 Å². The molecule has 1 atom stereocenters. The smallest absolute Gasteiger partial charge is 0.455 e. The first-order chi connectivity index (χ1) is 7.22. The number of nitrogens with two attached hydrogens (primary N) is 1. The normalized spacial score (nSPS) is 11.7. The molecule has 0 saturated heterocycles. The van der Waals surface area contributed by atoms with Gasteiger partial charge in [0.2, 0.25) is 10.2 Å². The molecule has 0 radical (unpaired) electrons. The first-order valence-corrected chi connectivity index (χ1v) is 5.84. The number of thiazole rings is 1. The highest BCUT2D eigenvalue weighted by Crippen LogP contribution is 2.31. The van der Waals surface area contributed by atoms with Gasteiger partial charge in [-0.2, -0.15) is 4.98 Å². The number of fused-ring (bicyclic) bond motifs is 1. The summed E-state index contributed by atoms with van der Waals surface area (Å²) in [5.74, 6) is 0.767. The van der Waals surface area contributed by atoms with Crippen LogP contribution in [0.25, 0.3) is 10.2 Å². The van der Waals surface area contributed by atoms with E-state index in [-0.39, 0.29) is 5.24 Å². The number of carbonyl (C=O) groups is 1. The number of hydrogen-bond acceptors (Lipinski definition) is 3. The maximum Gasteiger partial charge on any atom is 0.455 e. The Morgan fingerprint density at radius 3 is 3.07 bits per heavy atom. The van der Waals surface area contributed by atoms with Gasteiger partial charge in [-0.1, -0.05) is 0 Å². The van der Waals surface area contributed by atoms with E-state index in [9.17, 15) is 4.79 Å².